The number of benzene rings is 1. The zero-order chi connectivity index (χ0) is 21.1. The predicted molar refractivity (Wildman–Crippen MR) is 98.0 cm³/mol. The van der Waals surface area contributed by atoms with Crippen molar-refractivity contribution in [3.05, 3.63) is 28.3 Å². The maximum absolute atomic E-state index is 12.7. The number of likely N-dealkylation sites (N-methyl/N-ethyl adjacent to an activating group) is 1. The van der Waals surface area contributed by atoms with E-state index in [2.05, 4.69) is 22.0 Å². The lowest BCUT2D eigenvalue weighted by molar-refractivity contribution is -0.384. The van der Waals surface area contributed by atoms with Crippen LogP contribution in [-0.2, 0) is 9.84 Å². The topological polar surface area (TPSA) is 95.8 Å². The number of hydrogen-bond acceptors (Lipinski definition) is 7. The Morgan fingerprint density at radius 2 is 1.86 bits per heavy atom. The van der Waals surface area contributed by atoms with Crippen LogP contribution in [0.4, 0.5) is 24.5 Å². The monoisotopic (exact) mass is 424 g/mol. The highest BCUT2D eigenvalue weighted by atomic mass is 32.2. The highest BCUT2D eigenvalue weighted by Gasteiger charge is 2.47. The molecule has 0 saturated carbocycles. The van der Waals surface area contributed by atoms with Gasteiger partial charge in [-0.1, -0.05) is 6.92 Å². The van der Waals surface area contributed by atoms with Gasteiger partial charge in [-0.2, -0.15) is 13.2 Å². The van der Waals surface area contributed by atoms with Crippen LogP contribution in [-0.4, -0.2) is 74.0 Å². The van der Waals surface area contributed by atoms with Gasteiger partial charge in [-0.05, 0) is 25.6 Å². The number of nitro groups is 1. The lowest BCUT2D eigenvalue weighted by Gasteiger charge is -2.37. The van der Waals surface area contributed by atoms with Gasteiger partial charge >= 0.3 is 5.51 Å². The second kappa shape index (κ2) is 8.62. The molecule has 1 fully saturated rings. The Labute approximate surface area is 161 Å². The molecule has 12 heteroatoms. The molecule has 1 aliphatic heterocycles. The van der Waals surface area contributed by atoms with Crippen molar-refractivity contribution in [1.82, 2.24) is 9.80 Å². The molecule has 0 spiro atoms. The van der Waals surface area contributed by atoms with Crippen molar-refractivity contribution in [3.8, 4) is 0 Å². The number of alkyl halides is 3. The van der Waals surface area contributed by atoms with Crippen LogP contribution in [0.3, 0.4) is 0 Å². The van der Waals surface area contributed by atoms with Gasteiger partial charge in [0, 0.05) is 44.8 Å². The van der Waals surface area contributed by atoms with Crippen molar-refractivity contribution < 1.29 is 26.5 Å². The molecule has 1 aliphatic rings. The molecule has 0 radical (unpaired) electrons. The van der Waals surface area contributed by atoms with Gasteiger partial charge in [-0.15, -0.1) is 0 Å². The number of halogens is 3. The van der Waals surface area contributed by atoms with E-state index in [1.165, 1.54) is 0 Å². The summed E-state index contributed by atoms with van der Waals surface area (Å²) in [6.45, 7) is 8.88. The lowest BCUT2D eigenvalue weighted by Crippen LogP contribution is -2.51. The third-order valence-corrected chi connectivity index (χ3v) is 6.33. The number of piperazine rings is 1. The minimum Gasteiger partial charge on any atom is -0.378 e. The summed E-state index contributed by atoms with van der Waals surface area (Å²) in [4.78, 5) is 13.7. The van der Waals surface area contributed by atoms with Crippen LogP contribution in [0.5, 0.6) is 0 Å². The first-order valence-corrected chi connectivity index (χ1v) is 10.3. The standard InChI is InChI=1S/C16H23F3N4O4S/c1-3-21-6-8-22(9-7-21)12(2)11-20-14-5-4-13(10-15(14)23(24)25)28(26,27)16(17,18)19/h4-5,10,12,20H,3,6-9,11H2,1-2H3. The van der Waals surface area contributed by atoms with Gasteiger partial charge in [0.1, 0.15) is 5.69 Å². The molecule has 0 aliphatic carbocycles. The zero-order valence-electron chi connectivity index (χ0n) is 15.6. The molecule has 1 heterocycles. The van der Waals surface area contributed by atoms with Gasteiger partial charge in [-0.25, -0.2) is 8.42 Å². The van der Waals surface area contributed by atoms with Crippen molar-refractivity contribution in [3.63, 3.8) is 0 Å². The number of hydrogen-bond donors (Lipinski definition) is 1. The zero-order valence-corrected chi connectivity index (χ0v) is 16.4. The van der Waals surface area contributed by atoms with Gasteiger partial charge in [0.25, 0.3) is 15.5 Å². The fourth-order valence-corrected chi connectivity index (χ4v) is 3.80. The predicted octanol–water partition coefficient (Wildman–Crippen LogP) is 2.33. The first-order valence-electron chi connectivity index (χ1n) is 8.77. The fourth-order valence-electron chi connectivity index (χ4n) is 3.02. The summed E-state index contributed by atoms with van der Waals surface area (Å²) in [6.07, 6.45) is 0. The van der Waals surface area contributed by atoms with Crippen molar-refractivity contribution in [1.29, 1.82) is 0 Å². The van der Waals surface area contributed by atoms with Gasteiger partial charge in [-0.3, -0.25) is 15.0 Å². The SMILES string of the molecule is CCN1CCN(C(C)CNc2ccc(S(=O)(=O)C(F)(F)F)cc2[N+](=O)[O-])CC1. The van der Waals surface area contributed by atoms with E-state index in [1.807, 2.05) is 6.92 Å². The van der Waals surface area contributed by atoms with E-state index in [0.29, 0.717) is 12.6 Å². The largest absolute Gasteiger partial charge is 0.501 e. The molecular formula is C16H23F3N4O4S. The summed E-state index contributed by atoms with van der Waals surface area (Å²) in [5.41, 5.74) is -6.26. The molecule has 2 rings (SSSR count). The Bertz CT molecular complexity index is 809. The highest BCUT2D eigenvalue weighted by molar-refractivity contribution is 7.92. The second-order valence-corrected chi connectivity index (χ2v) is 8.53. The van der Waals surface area contributed by atoms with E-state index in [4.69, 9.17) is 0 Å². The van der Waals surface area contributed by atoms with E-state index in [-0.39, 0.29) is 11.7 Å². The number of sulfone groups is 1. The third kappa shape index (κ3) is 4.92. The molecule has 0 amide bonds. The first-order chi connectivity index (χ1) is 13.0. The summed E-state index contributed by atoms with van der Waals surface area (Å²) < 4.78 is 61.0. The first kappa shape index (κ1) is 22.4. The molecule has 0 aromatic heterocycles. The van der Waals surface area contributed by atoms with Crippen molar-refractivity contribution >= 4 is 21.2 Å². The van der Waals surface area contributed by atoms with E-state index in [1.54, 1.807) is 0 Å². The Morgan fingerprint density at radius 1 is 1.25 bits per heavy atom. The van der Waals surface area contributed by atoms with Crippen LogP contribution in [0.2, 0.25) is 0 Å². The number of anilines is 1. The Hall–Kier alpha value is -1.92. The number of nitrogens with zero attached hydrogens (tertiary/aromatic N) is 3. The molecule has 0 bridgehead atoms. The Morgan fingerprint density at radius 3 is 2.36 bits per heavy atom. The summed E-state index contributed by atoms with van der Waals surface area (Å²) in [5.74, 6) is 0. The molecule has 1 unspecified atom stereocenters. The normalized spacial score (nSPS) is 18.0. The second-order valence-electron chi connectivity index (χ2n) is 6.59. The molecule has 1 aromatic carbocycles. The van der Waals surface area contributed by atoms with Crippen LogP contribution in [0.15, 0.2) is 23.1 Å². The minimum absolute atomic E-state index is 0.0230. The average molecular weight is 424 g/mol. The van der Waals surface area contributed by atoms with Crippen LogP contribution < -0.4 is 5.32 Å². The summed E-state index contributed by atoms with van der Waals surface area (Å²) >= 11 is 0. The van der Waals surface area contributed by atoms with Crippen LogP contribution in [0.1, 0.15) is 13.8 Å². The molecule has 1 aromatic rings. The van der Waals surface area contributed by atoms with Crippen molar-refractivity contribution in [2.45, 2.75) is 30.3 Å². The molecule has 1 N–H and O–H groups in total. The molecular weight excluding hydrogens is 401 g/mol. The highest BCUT2D eigenvalue weighted by Crippen LogP contribution is 2.34. The lowest BCUT2D eigenvalue weighted by atomic mass is 10.2. The molecule has 8 nitrogen and oxygen atoms in total. The van der Waals surface area contributed by atoms with Crippen LogP contribution in [0, 0.1) is 10.1 Å². The average Bonchev–Trinajstić information content (AvgIpc) is 2.65. The summed E-state index contributed by atoms with van der Waals surface area (Å²) in [5, 5.41) is 14.1. The molecule has 28 heavy (non-hydrogen) atoms. The minimum atomic E-state index is -5.65. The fraction of sp³-hybridized carbons (Fsp3) is 0.625. The Kier molecular flexibility index (Phi) is 6.88. The maximum atomic E-state index is 12.7. The third-order valence-electron chi connectivity index (χ3n) is 4.85. The number of rotatable bonds is 7. The quantitative estimate of drug-likeness (QED) is 0.530. The van der Waals surface area contributed by atoms with Crippen molar-refractivity contribution in [2.75, 3.05) is 44.6 Å². The van der Waals surface area contributed by atoms with E-state index in [0.717, 1.165) is 44.9 Å². The van der Waals surface area contributed by atoms with E-state index >= 15 is 0 Å². The molecule has 158 valence electrons. The number of nitrogens with one attached hydrogen (secondary N) is 1. The van der Waals surface area contributed by atoms with E-state index in [9.17, 15) is 31.7 Å². The van der Waals surface area contributed by atoms with Gasteiger partial charge in [0.2, 0.25) is 0 Å². The Balaban J connectivity index is 2.13. The van der Waals surface area contributed by atoms with Gasteiger partial charge in [0.05, 0.1) is 9.82 Å². The van der Waals surface area contributed by atoms with Gasteiger partial charge < -0.3 is 10.2 Å². The van der Waals surface area contributed by atoms with Crippen molar-refractivity contribution in [2.24, 2.45) is 0 Å². The van der Waals surface area contributed by atoms with Crippen LogP contribution in [0.25, 0.3) is 0 Å². The van der Waals surface area contributed by atoms with E-state index < -0.39 is 30.9 Å². The molecule has 1 atom stereocenters. The van der Waals surface area contributed by atoms with Gasteiger partial charge in [0.15, 0.2) is 0 Å². The summed E-state index contributed by atoms with van der Waals surface area (Å²) in [6, 6.07) is 2.20. The summed E-state index contributed by atoms with van der Waals surface area (Å²) in [7, 11) is -5.65. The smallest absolute Gasteiger partial charge is 0.378 e. The van der Waals surface area contributed by atoms with Crippen LogP contribution >= 0.6 is 0 Å². The molecule has 1 saturated heterocycles. The number of nitro benzene ring substituents is 1. The maximum Gasteiger partial charge on any atom is 0.501 e.